The van der Waals surface area contributed by atoms with Gasteiger partial charge in [0, 0.05) is 19.0 Å². The van der Waals surface area contributed by atoms with Gasteiger partial charge in [-0.05, 0) is 37.5 Å². The summed E-state index contributed by atoms with van der Waals surface area (Å²) in [5.41, 5.74) is 1.28. The minimum atomic E-state index is 0.0345. The average molecular weight is 396 g/mol. The van der Waals surface area contributed by atoms with E-state index in [2.05, 4.69) is 55.9 Å². The zero-order valence-corrected chi connectivity index (χ0v) is 17.0. The highest BCUT2D eigenvalue weighted by molar-refractivity contribution is 7.16. The molecule has 0 aliphatic carbocycles. The van der Waals surface area contributed by atoms with Gasteiger partial charge in [-0.3, -0.25) is 4.79 Å². The summed E-state index contributed by atoms with van der Waals surface area (Å²) in [6.07, 6.45) is 2.60. The van der Waals surface area contributed by atoms with E-state index in [1.54, 1.807) is 17.7 Å². The van der Waals surface area contributed by atoms with Crippen molar-refractivity contribution in [1.29, 1.82) is 0 Å². The first kappa shape index (κ1) is 18.8. The number of hydrogen-bond donors (Lipinski definition) is 1. The third kappa shape index (κ3) is 4.00. The third-order valence-corrected chi connectivity index (χ3v) is 6.01. The summed E-state index contributed by atoms with van der Waals surface area (Å²) in [4.78, 5) is 26.6. The zero-order chi connectivity index (χ0) is 19.5. The molecule has 1 saturated heterocycles. The van der Waals surface area contributed by atoms with Crippen LogP contribution in [-0.4, -0.2) is 60.5 Å². The minimum Gasteiger partial charge on any atom is -0.354 e. The molecule has 1 aliphatic heterocycles. The summed E-state index contributed by atoms with van der Waals surface area (Å²) in [5.74, 6) is 1.31. The van der Waals surface area contributed by atoms with Crippen LogP contribution in [0.15, 0.2) is 48.1 Å². The van der Waals surface area contributed by atoms with Gasteiger partial charge in [-0.15, -0.1) is 11.3 Å². The maximum atomic E-state index is 12.5. The molecule has 3 aromatic rings. The lowest BCUT2D eigenvalue weighted by molar-refractivity contribution is -0.122. The number of aromatic nitrogens is 2. The molecule has 2 atom stereocenters. The van der Waals surface area contributed by atoms with Crippen LogP contribution in [0.1, 0.15) is 17.9 Å². The van der Waals surface area contributed by atoms with Crippen LogP contribution in [0, 0.1) is 0 Å². The second-order valence-electron chi connectivity index (χ2n) is 7.50. The number of rotatable bonds is 5. The van der Waals surface area contributed by atoms with Gasteiger partial charge in [0.2, 0.25) is 5.91 Å². The minimum absolute atomic E-state index is 0.0345. The summed E-state index contributed by atoms with van der Waals surface area (Å²) >= 11 is 1.63. The molecule has 0 spiro atoms. The Kier molecular flexibility index (Phi) is 5.54. The molecule has 2 aromatic heterocycles. The largest absolute Gasteiger partial charge is 0.354 e. The predicted octanol–water partition coefficient (Wildman–Crippen LogP) is 2.73. The monoisotopic (exact) mass is 395 g/mol. The lowest BCUT2D eigenvalue weighted by Gasteiger charge is -2.40. The number of anilines is 1. The molecule has 0 unspecified atom stereocenters. The number of hydrogen-bond acceptors (Lipinski definition) is 6. The van der Waals surface area contributed by atoms with Crippen molar-refractivity contribution in [3.8, 4) is 0 Å². The van der Waals surface area contributed by atoms with Crippen LogP contribution >= 0.6 is 11.3 Å². The summed E-state index contributed by atoms with van der Waals surface area (Å²) < 4.78 is 0. The van der Waals surface area contributed by atoms with Crippen LogP contribution in [0.4, 0.5) is 5.82 Å². The van der Waals surface area contributed by atoms with Crippen LogP contribution in [0.3, 0.4) is 0 Å². The Balaban J connectivity index is 1.60. The summed E-state index contributed by atoms with van der Waals surface area (Å²) in [6, 6.07) is 12.6. The first-order valence-corrected chi connectivity index (χ1v) is 10.4. The Morgan fingerprint density at radius 2 is 2.07 bits per heavy atom. The van der Waals surface area contributed by atoms with Gasteiger partial charge in [-0.25, -0.2) is 9.97 Å². The molecule has 1 N–H and O–H groups in total. The van der Waals surface area contributed by atoms with Crippen LogP contribution in [0.5, 0.6) is 0 Å². The summed E-state index contributed by atoms with van der Waals surface area (Å²) in [6.45, 7) is 2.03. The molecule has 7 heteroatoms. The number of carbonyl (C=O) groups is 1. The van der Waals surface area contributed by atoms with Gasteiger partial charge in [0.15, 0.2) is 0 Å². The molecule has 0 radical (unpaired) electrons. The Labute approximate surface area is 169 Å². The topological polar surface area (TPSA) is 61.4 Å². The van der Waals surface area contributed by atoms with Crippen molar-refractivity contribution in [3.05, 3.63) is 53.7 Å². The van der Waals surface area contributed by atoms with Gasteiger partial charge in [-0.1, -0.05) is 30.3 Å². The number of benzene rings is 1. The van der Waals surface area contributed by atoms with Crippen LogP contribution in [0.2, 0.25) is 0 Å². The standard InChI is InChI=1S/C21H25N5OS/c1-25(2)13-19(27)24-18-12-26(10-8-16(18)15-6-4-3-5-7-15)20-17-9-11-28-21(17)23-14-22-20/h3-7,9,11,14,16,18H,8,10,12-13H2,1-2H3,(H,24,27)/t16-,18-/m0/s1. The fourth-order valence-corrected chi connectivity index (χ4v) is 4.69. The van der Waals surface area contributed by atoms with Crippen molar-refractivity contribution in [2.75, 3.05) is 38.6 Å². The van der Waals surface area contributed by atoms with Crippen molar-refractivity contribution in [3.63, 3.8) is 0 Å². The molecule has 1 aromatic carbocycles. The molecule has 0 bridgehead atoms. The Bertz CT molecular complexity index is 942. The number of nitrogens with zero attached hydrogens (tertiary/aromatic N) is 4. The molecule has 28 heavy (non-hydrogen) atoms. The van der Waals surface area contributed by atoms with Gasteiger partial charge in [-0.2, -0.15) is 0 Å². The van der Waals surface area contributed by atoms with E-state index in [9.17, 15) is 4.79 Å². The maximum Gasteiger partial charge on any atom is 0.234 e. The molecule has 4 rings (SSSR count). The number of carbonyl (C=O) groups excluding carboxylic acids is 1. The van der Waals surface area contributed by atoms with E-state index in [0.29, 0.717) is 12.5 Å². The molecular formula is C21H25N5OS. The van der Waals surface area contributed by atoms with Crippen LogP contribution < -0.4 is 10.2 Å². The second kappa shape index (κ2) is 8.24. The van der Waals surface area contributed by atoms with Crippen LogP contribution in [0.25, 0.3) is 10.2 Å². The van der Waals surface area contributed by atoms with Crippen LogP contribution in [-0.2, 0) is 4.79 Å². The Hall–Kier alpha value is -2.51. The van der Waals surface area contributed by atoms with Crippen molar-refractivity contribution in [2.45, 2.75) is 18.4 Å². The molecule has 0 saturated carbocycles. The smallest absolute Gasteiger partial charge is 0.234 e. The fraction of sp³-hybridized carbons (Fsp3) is 0.381. The van der Waals surface area contributed by atoms with Crippen molar-refractivity contribution >= 4 is 33.3 Å². The van der Waals surface area contributed by atoms with E-state index in [-0.39, 0.29) is 11.9 Å². The predicted molar refractivity (Wildman–Crippen MR) is 114 cm³/mol. The van der Waals surface area contributed by atoms with Gasteiger partial charge in [0.25, 0.3) is 0 Å². The zero-order valence-electron chi connectivity index (χ0n) is 16.2. The summed E-state index contributed by atoms with van der Waals surface area (Å²) in [5, 5.41) is 6.42. The van der Waals surface area contributed by atoms with E-state index >= 15 is 0 Å². The molecule has 1 amide bonds. The number of thiophene rings is 1. The normalized spacial score (nSPS) is 19.9. The number of likely N-dealkylation sites (N-methyl/N-ethyl adjacent to an activating group) is 1. The molecule has 1 fully saturated rings. The number of fused-ring (bicyclic) bond motifs is 1. The highest BCUT2D eigenvalue weighted by Gasteiger charge is 2.32. The van der Waals surface area contributed by atoms with E-state index in [1.165, 1.54) is 5.56 Å². The molecule has 6 nitrogen and oxygen atoms in total. The number of amides is 1. The number of nitrogens with one attached hydrogen (secondary N) is 1. The first-order chi connectivity index (χ1) is 13.6. The second-order valence-corrected chi connectivity index (χ2v) is 8.39. The molecule has 3 heterocycles. The van der Waals surface area contributed by atoms with Gasteiger partial charge >= 0.3 is 0 Å². The van der Waals surface area contributed by atoms with E-state index < -0.39 is 0 Å². The highest BCUT2D eigenvalue weighted by atomic mass is 32.1. The van der Waals surface area contributed by atoms with E-state index in [1.807, 2.05) is 25.1 Å². The maximum absolute atomic E-state index is 12.5. The van der Waals surface area contributed by atoms with Crippen molar-refractivity contribution < 1.29 is 4.79 Å². The van der Waals surface area contributed by atoms with Crippen molar-refractivity contribution in [2.24, 2.45) is 0 Å². The van der Waals surface area contributed by atoms with Gasteiger partial charge in [0.1, 0.15) is 17.0 Å². The van der Waals surface area contributed by atoms with Crippen molar-refractivity contribution in [1.82, 2.24) is 20.2 Å². The third-order valence-electron chi connectivity index (χ3n) is 5.19. The van der Waals surface area contributed by atoms with Gasteiger partial charge < -0.3 is 15.1 Å². The lowest BCUT2D eigenvalue weighted by atomic mass is 9.85. The van der Waals surface area contributed by atoms with E-state index in [0.717, 1.165) is 35.5 Å². The molecular weight excluding hydrogens is 370 g/mol. The molecule has 1 aliphatic rings. The Morgan fingerprint density at radius 1 is 1.25 bits per heavy atom. The lowest BCUT2D eigenvalue weighted by Crippen LogP contribution is -2.53. The molecule has 146 valence electrons. The fourth-order valence-electron chi connectivity index (χ4n) is 3.96. The summed E-state index contributed by atoms with van der Waals surface area (Å²) in [7, 11) is 3.82. The Morgan fingerprint density at radius 3 is 2.86 bits per heavy atom. The van der Waals surface area contributed by atoms with E-state index in [4.69, 9.17) is 0 Å². The highest BCUT2D eigenvalue weighted by Crippen LogP contribution is 2.33. The average Bonchev–Trinajstić information content (AvgIpc) is 3.17. The van der Waals surface area contributed by atoms with Gasteiger partial charge in [0.05, 0.1) is 18.0 Å². The number of piperidine rings is 1. The SMILES string of the molecule is CN(C)CC(=O)N[C@H]1CN(c2ncnc3sccc23)CC[C@H]1c1ccccc1. The quantitative estimate of drug-likeness (QED) is 0.720. The first-order valence-electron chi connectivity index (χ1n) is 9.54.